The number of urea groups is 1. The Kier molecular flexibility index (Phi) is 6.23. The van der Waals surface area contributed by atoms with Gasteiger partial charge in [0.2, 0.25) is 0 Å². The molecule has 3 aromatic rings. The molecule has 0 unspecified atom stereocenters. The van der Waals surface area contributed by atoms with Crippen molar-refractivity contribution in [1.82, 2.24) is 5.32 Å². The third-order valence-corrected chi connectivity index (χ3v) is 6.12. The number of para-hydroxylation sites is 1. The van der Waals surface area contributed by atoms with Gasteiger partial charge < -0.3 is 10.6 Å². The van der Waals surface area contributed by atoms with E-state index >= 15 is 0 Å². The van der Waals surface area contributed by atoms with Crippen molar-refractivity contribution in [3.63, 3.8) is 0 Å². The summed E-state index contributed by atoms with van der Waals surface area (Å²) in [6.45, 7) is 2.81. The van der Waals surface area contributed by atoms with Crippen LogP contribution in [-0.2, 0) is 6.54 Å². The highest BCUT2D eigenvalue weighted by Crippen LogP contribution is 2.38. The number of benzene rings is 3. The molecule has 2 N–H and O–H groups in total. The number of fused-ring (bicyclic) bond motifs is 1. The molecular formula is C24H22FN3O2S. The summed E-state index contributed by atoms with van der Waals surface area (Å²) in [7, 11) is 0. The lowest BCUT2D eigenvalue weighted by atomic mass is 10.1. The van der Waals surface area contributed by atoms with Gasteiger partial charge in [-0.3, -0.25) is 9.69 Å². The number of carbonyl (C=O) groups is 2. The zero-order valence-electron chi connectivity index (χ0n) is 17.0. The van der Waals surface area contributed by atoms with E-state index in [2.05, 4.69) is 17.6 Å². The minimum absolute atomic E-state index is 0.106. The Morgan fingerprint density at radius 3 is 2.52 bits per heavy atom. The van der Waals surface area contributed by atoms with Gasteiger partial charge in [0.25, 0.3) is 5.91 Å². The second-order valence-corrected chi connectivity index (χ2v) is 8.77. The Morgan fingerprint density at radius 1 is 1.03 bits per heavy atom. The van der Waals surface area contributed by atoms with E-state index in [0.717, 1.165) is 10.6 Å². The third kappa shape index (κ3) is 4.88. The van der Waals surface area contributed by atoms with E-state index in [1.54, 1.807) is 59.1 Å². The van der Waals surface area contributed by atoms with E-state index in [0.29, 0.717) is 28.6 Å². The van der Waals surface area contributed by atoms with Gasteiger partial charge in [-0.15, -0.1) is 11.8 Å². The van der Waals surface area contributed by atoms with Gasteiger partial charge in [0.05, 0.1) is 5.69 Å². The molecule has 158 valence electrons. The number of carbonyl (C=O) groups excluding carboxylic acids is 2. The molecule has 0 bridgehead atoms. The van der Waals surface area contributed by atoms with Crippen LogP contribution < -0.4 is 15.5 Å². The zero-order chi connectivity index (χ0) is 21.8. The third-order valence-electron chi connectivity index (χ3n) is 4.96. The Labute approximate surface area is 184 Å². The van der Waals surface area contributed by atoms with E-state index in [-0.39, 0.29) is 24.3 Å². The molecule has 1 heterocycles. The Balaban J connectivity index is 1.39. The number of nitrogens with one attached hydrogen (secondary N) is 2. The molecule has 0 saturated heterocycles. The van der Waals surface area contributed by atoms with E-state index in [1.807, 2.05) is 24.3 Å². The van der Waals surface area contributed by atoms with Crippen LogP contribution in [0.4, 0.5) is 20.6 Å². The van der Waals surface area contributed by atoms with Crippen LogP contribution in [0, 0.1) is 5.82 Å². The van der Waals surface area contributed by atoms with Crippen molar-refractivity contribution in [3.05, 3.63) is 89.7 Å². The predicted octanol–water partition coefficient (Wildman–Crippen LogP) is 5.29. The van der Waals surface area contributed by atoms with Gasteiger partial charge >= 0.3 is 6.03 Å². The number of hydrogen-bond acceptors (Lipinski definition) is 3. The van der Waals surface area contributed by atoms with Crippen molar-refractivity contribution >= 4 is 35.1 Å². The first-order valence-electron chi connectivity index (χ1n) is 9.97. The van der Waals surface area contributed by atoms with Gasteiger partial charge in [-0.25, -0.2) is 9.18 Å². The lowest BCUT2D eigenvalue weighted by Gasteiger charge is -2.32. The quantitative estimate of drug-likeness (QED) is 0.586. The highest BCUT2D eigenvalue weighted by molar-refractivity contribution is 8.00. The first kappa shape index (κ1) is 20.9. The molecule has 5 nitrogen and oxygen atoms in total. The molecular weight excluding hydrogens is 413 g/mol. The van der Waals surface area contributed by atoms with Crippen LogP contribution in [0.3, 0.4) is 0 Å². The van der Waals surface area contributed by atoms with Gasteiger partial charge in [-0.1, -0.05) is 37.3 Å². The molecule has 7 heteroatoms. The normalized spacial score (nSPS) is 15.2. The fourth-order valence-corrected chi connectivity index (χ4v) is 4.51. The van der Waals surface area contributed by atoms with E-state index in [9.17, 15) is 14.0 Å². The number of rotatable bonds is 4. The van der Waals surface area contributed by atoms with Crippen molar-refractivity contribution in [2.24, 2.45) is 0 Å². The van der Waals surface area contributed by atoms with Crippen LogP contribution in [0.5, 0.6) is 0 Å². The summed E-state index contributed by atoms with van der Waals surface area (Å²) < 4.78 is 13.7. The maximum absolute atomic E-state index is 13.7. The largest absolute Gasteiger partial charge is 0.348 e. The molecule has 4 rings (SSSR count). The van der Waals surface area contributed by atoms with Gasteiger partial charge in [0.1, 0.15) is 5.82 Å². The van der Waals surface area contributed by atoms with Crippen molar-refractivity contribution in [2.75, 3.05) is 16.8 Å². The summed E-state index contributed by atoms with van der Waals surface area (Å²) in [5, 5.41) is 5.90. The topological polar surface area (TPSA) is 61.4 Å². The van der Waals surface area contributed by atoms with Crippen molar-refractivity contribution in [3.8, 4) is 0 Å². The summed E-state index contributed by atoms with van der Waals surface area (Å²) in [5.74, 6) is -0.662. The van der Waals surface area contributed by atoms with Gasteiger partial charge in [0, 0.05) is 40.0 Å². The molecule has 0 aliphatic carbocycles. The number of halogens is 1. The van der Waals surface area contributed by atoms with E-state index in [1.165, 1.54) is 6.07 Å². The molecule has 0 radical (unpaired) electrons. The van der Waals surface area contributed by atoms with E-state index < -0.39 is 0 Å². The summed E-state index contributed by atoms with van der Waals surface area (Å²) in [5.41, 5.74) is 2.35. The van der Waals surface area contributed by atoms with Crippen LogP contribution >= 0.6 is 11.8 Å². The molecule has 1 atom stereocenters. The predicted molar refractivity (Wildman–Crippen MR) is 122 cm³/mol. The Morgan fingerprint density at radius 2 is 1.74 bits per heavy atom. The van der Waals surface area contributed by atoms with Gasteiger partial charge in [0.15, 0.2) is 0 Å². The molecule has 3 aromatic carbocycles. The second-order valence-electron chi connectivity index (χ2n) is 7.29. The van der Waals surface area contributed by atoms with Crippen LogP contribution in [0.2, 0.25) is 0 Å². The molecule has 31 heavy (non-hydrogen) atoms. The second kappa shape index (κ2) is 9.22. The Hall–Kier alpha value is -3.32. The number of nitrogens with zero attached hydrogens (tertiary/aromatic N) is 1. The van der Waals surface area contributed by atoms with Crippen LogP contribution in [0.1, 0.15) is 22.8 Å². The summed E-state index contributed by atoms with van der Waals surface area (Å²) in [6, 6.07) is 20.6. The van der Waals surface area contributed by atoms with Gasteiger partial charge in [-0.2, -0.15) is 0 Å². The number of amides is 3. The fourth-order valence-electron chi connectivity index (χ4n) is 3.40. The van der Waals surface area contributed by atoms with Crippen LogP contribution in [0.25, 0.3) is 0 Å². The lowest BCUT2D eigenvalue weighted by molar-refractivity contribution is 0.0950. The van der Waals surface area contributed by atoms with Crippen molar-refractivity contribution in [2.45, 2.75) is 23.6 Å². The lowest BCUT2D eigenvalue weighted by Crippen LogP contribution is -2.41. The standard InChI is InChI=1S/C24H22FN3O2S/c1-16-15-28(21-8-4-5-9-22(21)31-16)24(30)27-19-12-10-17(11-13-19)23(29)26-14-18-6-2-3-7-20(18)25/h2-13,16H,14-15H2,1H3,(H,26,29)(H,27,30)/t16-/m1/s1. The summed E-state index contributed by atoms with van der Waals surface area (Å²) in [6.07, 6.45) is 0. The van der Waals surface area contributed by atoms with Crippen LogP contribution in [-0.4, -0.2) is 23.7 Å². The number of hydrogen-bond donors (Lipinski definition) is 2. The summed E-state index contributed by atoms with van der Waals surface area (Å²) in [4.78, 5) is 28.1. The Bertz CT molecular complexity index is 1100. The molecule has 0 spiro atoms. The minimum Gasteiger partial charge on any atom is -0.348 e. The maximum Gasteiger partial charge on any atom is 0.326 e. The number of anilines is 2. The zero-order valence-corrected chi connectivity index (χ0v) is 17.8. The number of thioether (sulfide) groups is 1. The monoisotopic (exact) mass is 435 g/mol. The molecule has 3 amide bonds. The average Bonchev–Trinajstić information content (AvgIpc) is 2.78. The first-order chi connectivity index (χ1) is 15.0. The summed E-state index contributed by atoms with van der Waals surface area (Å²) >= 11 is 1.76. The molecule has 0 aromatic heterocycles. The van der Waals surface area contributed by atoms with Gasteiger partial charge in [-0.05, 0) is 42.5 Å². The smallest absolute Gasteiger partial charge is 0.326 e. The van der Waals surface area contributed by atoms with Crippen molar-refractivity contribution in [1.29, 1.82) is 0 Å². The molecule has 0 fully saturated rings. The molecule has 1 aliphatic rings. The highest BCUT2D eigenvalue weighted by atomic mass is 32.2. The van der Waals surface area contributed by atoms with Crippen LogP contribution in [0.15, 0.2) is 77.7 Å². The van der Waals surface area contributed by atoms with Crippen molar-refractivity contribution < 1.29 is 14.0 Å². The minimum atomic E-state index is -0.354. The fraction of sp³-hybridized carbons (Fsp3) is 0.167. The molecule has 0 saturated carbocycles. The average molecular weight is 436 g/mol. The highest BCUT2D eigenvalue weighted by Gasteiger charge is 2.26. The first-order valence-corrected chi connectivity index (χ1v) is 10.8. The maximum atomic E-state index is 13.7. The molecule has 1 aliphatic heterocycles. The SMILES string of the molecule is C[C@@H]1CN(C(=O)Nc2ccc(C(=O)NCc3ccccc3F)cc2)c2ccccc2S1. The van der Waals surface area contributed by atoms with E-state index in [4.69, 9.17) is 0 Å².